The lowest BCUT2D eigenvalue weighted by Crippen LogP contribution is -2.29. The van der Waals surface area contributed by atoms with E-state index in [9.17, 15) is 24.2 Å². The molecular formula is C45H80NO9P. The summed E-state index contributed by atoms with van der Waals surface area (Å²) in [5.41, 5.74) is 5.34. The highest BCUT2D eigenvalue weighted by Gasteiger charge is 2.26. The fourth-order valence-corrected chi connectivity index (χ4v) is 6.41. The molecule has 0 saturated carbocycles. The van der Waals surface area contributed by atoms with Crippen molar-refractivity contribution in [3.05, 3.63) is 60.8 Å². The maximum Gasteiger partial charge on any atom is 0.472 e. The van der Waals surface area contributed by atoms with Gasteiger partial charge in [0.1, 0.15) is 6.61 Å². The van der Waals surface area contributed by atoms with E-state index in [4.69, 9.17) is 24.3 Å². The summed E-state index contributed by atoms with van der Waals surface area (Å²) >= 11 is 0. The number of aliphatic hydroxyl groups is 1. The number of phosphoric acid groups is 1. The van der Waals surface area contributed by atoms with E-state index in [1.807, 2.05) is 36.5 Å². The predicted molar refractivity (Wildman–Crippen MR) is 230 cm³/mol. The van der Waals surface area contributed by atoms with E-state index in [2.05, 4.69) is 32.1 Å². The second-order valence-corrected chi connectivity index (χ2v) is 15.9. The van der Waals surface area contributed by atoms with Crippen molar-refractivity contribution in [2.75, 3.05) is 26.4 Å². The molecule has 0 aliphatic rings. The Bertz CT molecular complexity index is 1120. The molecule has 0 aliphatic carbocycles. The minimum atomic E-state index is -4.41. The van der Waals surface area contributed by atoms with Crippen LogP contribution in [0.4, 0.5) is 0 Å². The van der Waals surface area contributed by atoms with Gasteiger partial charge in [-0.2, -0.15) is 0 Å². The molecular weight excluding hydrogens is 729 g/mol. The topological polar surface area (TPSA) is 155 Å². The molecule has 0 amide bonds. The molecule has 0 aromatic rings. The molecule has 11 heteroatoms. The van der Waals surface area contributed by atoms with Crippen molar-refractivity contribution in [1.29, 1.82) is 0 Å². The number of aliphatic hydroxyl groups excluding tert-OH is 1. The van der Waals surface area contributed by atoms with Crippen LogP contribution < -0.4 is 5.73 Å². The molecule has 0 saturated heterocycles. The summed E-state index contributed by atoms with van der Waals surface area (Å²) in [7, 11) is -4.41. The number of carbonyl (C=O) groups excluding carboxylic acids is 2. The first-order valence-corrected chi connectivity index (χ1v) is 23.4. The third-order valence-electron chi connectivity index (χ3n) is 8.96. The van der Waals surface area contributed by atoms with Gasteiger partial charge in [-0.05, 0) is 70.6 Å². The maximum absolute atomic E-state index is 12.6. The summed E-state index contributed by atoms with van der Waals surface area (Å²) in [4.78, 5) is 34.8. The Kier molecular flexibility index (Phi) is 39.2. The van der Waals surface area contributed by atoms with Crippen molar-refractivity contribution in [3.63, 3.8) is 0 Å². The molecule has 56 heavy (non-hydrogen) atoms. The van der Waals surface area contributed by atoms with E-state index < -0.39 is 38.6 Å². The summed E-state index contributed by atoms with van der Waals surface area (Å²) in [6.07, 6.45) is 44.2. The standard InChI is InChI=1S/C45H80NO9P/c1-3-5-7-9-11-12-13-14-15-16-17-18-19-20-25-29-33-37-45(49)55-43(41-54-56(50,51)53-39-38-46)40-52-44(48)36-32-28-24-22-21-23-27-31-35-42(47)34-30-26-10-8-6-4-2/h14-15,22-24,26-27,30-31,35,42-43,47H,3-13,16-21,25,28-29,32-34,36-41,46H2,1-2H3,(H,50,51)/b15-14-,24-22-,27-23-,30-26-,35-31+/t42-,43-/m1/s1. The van der Waals surface area contributed by atoms with Crippen LogP contribution in [-0.2, 0) is 32.7 Å². The molecule has 4 N–H and O–H groups in total. The Labute approximate surface area is 341 Å². The second-order valence-electron chi connectivity index (χ2n) is 14.4. The first-order valence-electron chi connectivity index (χ1n) is 21.9. The summed E-state index contributed by atoms with van der Waals surface area (Å²) in [6, 6.07) is 0. The largest absolute Gasteiger partial charge is 0.472 e. The smallest absolute Gasteiger partial charge is 0.462 e. The molecule has 10 nitrogen and oxygen atoms in total. The maximum atomic E-state index is 12.6. The van der Waals surface area contributed by atoms with Crippen molar-refractivity contribution < 1.29 is 42.7 Å². The number of hydrogen-bond acceptors (Lipinski definition) is 9. The molecule has 324 valence electrons. The number of ether oxygens (including phenoxy) is 2. The predicted octanol–water partition coefficient (Wildman–Crippen LogP) is 11.5. The van der Waals surface area contributed by atoms with Gasteiger partial charge in [-0.1, -0.05) is 152 Å². The zero-order valence-electron chi connectivity index (χ0n) is 35.2. The molecule has 1 unspecified atom stereocenters. The van der Waals surface area contributed by atoms with Gasteiger partial charge in [0, 0.05) is 19.4 Å². The van der Waals surface area contributed by atoms with E-state index in [-0.39, 0.29) is 32.6 Å². The van der Waals surface area contributed by atoms with Gasteiger partial charge in [0.05, 0.1) is 19.3 Å². The quantitative estimate of drug-likeness (QED) is 0.0179. The number of allylic oxidation sites excluding steroid dienone is 8. The van der Waals surface area contributed by atoms with Crippen molar-refractivity contribution in [3.8, 4) is 0 Å². The fraction of sp³-hybridized carbons (Fsp3) is 0.733. The summed E-state index contributed by atoms with van der Waals surface area (Å²) in [5.74, 6) is -0.941. The Morgan fingerprint density at radius 2 is 1.16 bits per heavy atom. The van der Waals surface area contributed by atoms with E-state index in [0.717, 1.165) is 38.5 Å². The third kappa shape index (κ3) is 39.9. The number of hydrogen-bond donors (Lipinski definition) is 3. The number of unbranched alkanes of at least 4 members (excludes halogenated alkanes) is 17. The van der Waals surface area contributed by atoms with Gasteiger partial charge >= 0.3 is 19.8 Å². The first kappa shape index (κ1) is 53.7. The van der Waals surface area contributed by atoms with Crippen LogP contribution in [0.25, 0.3) is 0 Å². The van der Waals surface area contributed by atoms with Crippen molar-refractivity contribution >= 4 is 19.8 Å². The lowest BCUT2D eigenvalue weighted by Gasteiger charge is -2.19. The van der Waals surface area contributed by atoms with Crippen LogP contribution in [0.2, 0.25) is 0 Å². The molecule has 0 heterocycles. The van der Waals surface area contributed by atoms with Crippen LogP contribution in [-0.4, -0.2) is 60.5 Å². The number of esters is 2. The van der Waals surface area contributed by atoms with Crippen LogP contribution in [0.1, 0.15) is 174 Å². The van der Waals surface area contributed by atoms with Gasteiger partial charge in [0.2, 0.25) is 0 Å². The van der Waals surface area contributed by atoms with Gasteiger partial charge in [-0.3, -0.25) is 18.6 Å². The summed E-state index contributed by atoms with van der Waals surface area (Å²) < 4.78 is 32.7. The van der Waals surface area contributed by atoms with Crippen LogP contribution in [0, 0.1) is 0 Å². The molecule has 0 aliphatic heterocycles. The average Bonchev–Trinajstić information content (AvgIpc) is 3.18. The van der Waals surface area contributed by atoms with E-state index in [1.54, 1.807) is 6.08 Å². The molecule has 0 spiro atoms. The number of phosphoric ester groups is 1. The van der Waals surface area contributed by atoms with E-state index >= 15 is 0 Å². The average molecular weight is 810 g/mol. The zero-order chi connectivity index (χ0) is 41.2. The highest BCUT2D eigenvalue weighted by molar-refractivity contribution is 7.47. The van der Waals surface area contributed by atoms with Crippen LogP contribution in [0.5, 0.6) is 0 Å². The molecule has 0 aromatic heterocycles. The normalized spacial score (nSPS) is 14.4. The fourth-order valence-electron chi connectivity index (χ4n) is 5.65. The van der Waals surface area contributed by atoms with E-state index in [0.29, 0.717) is 25.7 Å². The summed E-state index contributed by atoms with van der Waals surface area (Å²) in [6.45, 7) is 3.53. The minimum absolute atomic E-state index is 0.0342. The molecule has 3 atom stereocenters. The van der Waals surface area contributed by atoms with Crippen LogP contribution in [0.15, 0.2) is 60.8 Å². The lowest BCUT2D eigenvalue weighted by molar-refractivity contribution is -0.161. The Balaban J connectivity index is 4.32. The third-order valence-corrected chi connectivity index (χ3v) is 9.94. The van der Waals surface area contributed by atoms with Gasteiger partial charge in [0.25, 0.3) is 0 Å². The monoisotopic (exact) mass is 810 g/mol. The first-order chi connectivity index (χ1) is 27.2. The van der Waals surface area contributed by atoms with Crippen LogP contribution >= 0.6 is 7.82 Å². The van der Waals surface area contributed by atoms with Gasteiger partial charge < -0.3 is 25.2 Å². The van der Waals surface area contributed by atoms with Gasteiger partial charge in [0.15, 0.2) is 6.10 Å². The number of nitrogens with two attached hydrogens (primary N) is 1. The molecule has 0 rings (SSSR count). The molecule has 0 fully saturated rings. The summed E-state index contributed by atoms with van der Waals surface area (Å²) in [5, 5.41) is 10.0. The van der Waals surface area contributed by atoms with Crippen molar-refractivity contribution in [1.82, 2.24) is 0 Å². The van der Waals surface area contributed by atoms with Crippen molar-refractivity contribution in [2.24, 2.45) is 5.73 Å². The van der Waals surface area contributed by atoms with Gasteiger partial charge in [-0.25, -0.2) is 4.57 Å². The second kappa shape index (κ2) is 40.9. The van der Waals surface area contributed by atoms with Crippen LogP contribution in [0.3, 0.4) is 0 Å². The Hall–Kier alpha value is -2.33. The molecule has 0 aromatic carbocycles. The number of carbonyl (C=O) groups is 2. The zero-order valence-corrected chi connectivity index (χ0v) is 36.1. The Morgan fingerprint density at radius 1 is 0.625 bits per heavy atom. The highest BCUT2D eigenvalue weighted by Crippen LogP contribution is 2.43. The minimum Gasteiger partial charge on any atom is -0.462 e. The molecule has 0 radical (unpaired) electrons. The van der Waals surface area contributed by atoms with Crippen molar-refractivity contribution in [2.45, 2.75) is 187 Å². The molecule has 0 bridgehead atoms. The van der Waals surface area contributed by atoms with Gasteiger partial charge in [-0.15, -0.1) is 0 Å². The highest BCUT2D eigenvalue weighted by atomic mass is 31.2. The number of rotatable bonds is 40. The SMILES string of the molecule is CCCCC/C=C\C[C@@H](O)/C=C/C=C\C/C=C\CCCC(=O)OC[C@H](COP(=O)(O)OCCN)OC(=O)CCCCCCCCC/C=C\CCCCCCCC. The Morgan fingerprint density at radius 3 is 1.82 bits per heavy atom. The lowest BCUT2D eigenvalue weighted by atomic mass is 10.1. The van der Waals surface area contributed by atoms with E-state index in [1.165, 1.54) is 83.5 Å².